The first-order chi connectivity index (χ1) is 7.24. The summed E-state index contributed by atoms with van der Waals surface area (Å²) in [5.41, 5.74) is 0.621. The van der Waals surface area contributed by atoms with Gasteiger partial charge in [-0.1, -0.05) is 19.8 Å². The van der Waals surface area contributed by atoms with Gasteiger partial charge in [-0.15, -0.1) is 0 Å². The molecule has 1 rings (SSSR count). The van der Waals surface area contributed by atoms with Gasteiger partial charge in [-0.25, -0.2) is 4.98 Å². The van der Waals surface area contributed by atoms with Gasteiger partial charge in [-0.2, -0.15) is 0 Å². The summed E-state index contributed by atoms with van der Waals surface area (Å²) < 4.78 is 5.42. The minimum absolute atomic E-state index is 0.0278. The molecule has 0 aliphatic rings. The van der Waals surface area contributed by atoms with E-state index in [1.807, 2.05) is 0 Å². The van der Waals surface area contributed by atoms with Crippen LogP contribution in [0.2, 0.25) is 0 Å². The number of Topliss-reactive ketones (excluding diaryl/α,β-unsaturated/α-hetero) is 1. The molecule has 82 valence electrons. The molecule has 0 fully saturated rings. The quantitative estimate of drug-likeness (QED) is 0.532. The van der Waals surface area contributed by atoms with E-state index in [9.17, 15) is 4.79 Å². The molecule has 0 aliphatic carbocycles. The molecule has 3 heteroatoms. The summed E-state index contributed by atoms with van der Waals surface area (Å²) in [6, 6.07) is 3.48. The number of unbranched alkanes of at least 4 members (excludes halogenated alkanes) is 2. The molecule has 0 spiro atoms. The summed E-state index contributed by atoms with van der Waals surface area (Å²) in [6.45, 7) is 4.37. The molecule has 1 aromatic rings. The second kappa shape index (κ2) is 6.17. The lowest BCUT2D eigenvalue weighted by atomic mass is 10.2. The number of rotatable bonds is 6. The molecule has 0 bridgehead atoms. The minimum atomic E-state index is 0.0278. The minimum Gasteiger partial charge on any atom is -0.478 e. The largest absolute Gasteiger partial charge is 0.478 e. The normalized spacial score (nSPS) is 10.0. The van der Waals surface area contributed by atoms with Crippen LogP contribution >= 0.6 is 0 Å². The summed E-state index contributed by atoms with van der Waals surface area (Å²) in [6.07, 6.45) is 4.95. The second-order valence-corrected chi connectivity index (χ2v) is 3.50. The van der Waals surface area contributed by atoms with E-state index in [1.54, 1.807) is 18.3 Å². The van der Waals surface area contributed by atoms with Crippen molar-refractivity contribution >= 4 is 5.78 Å². The fourth-order valence-corrected chi connectivity index (χ4v) is 1.20. The highest BCUT2D eigenvalue weighted by Crippen LogP contribution is 2.08. The highest BCUT2D eigenvalue weighted by atomic mass is 16.5. The highest BCUT2D eigenvalue weighted by Gasteiger charge is 2.00. The van der Waals surface area contributed by atoms with Crippen LogP contribution in [0.4, 0.5) is 0 Å². The van der Waals surface area contributed by atoms with Crippen LogP contribution in [0.3, 0.4) is 0 Å². The maximum absolute atomic E-state index is 11.0. The van der Waals surface area contributed by atoms with Gasteiger partial charge in [0.25, 0.3) is 0 Å². The van der Waals surface area contributed by atoms with E-state index in [2.05, 4.69) is 11.9 Å². The molecule has 0 N–H and O–H groups in total. The van der Waals surface area contributed by atoms with Crippen molar-refractivity contribution in [3.63, 3.8) is 0 Å². The van der Waals surface area contributed by atoms with Crippen LogP contribution in [0.5, 0.6) is 5.88 Å². The summed E-state index contributed by atoms with van der Waals surface area (Å²) in [5, 5.41) is 0. The Morgan fingerprint density at radius 2 is 2.20 bits per heavy atom. The van der Waals surface area contributed by atoms with Gasteiger partial charge in [0, 0.05) is 17.8 Å². The van der Waals surface area contributed by atoms with E-state index in [0.29, 0.717) is 18.1 Å². The average Bonchev–Trinajstić information content (AvgIpc) is 2.25. The van der Waals surface area contributed by atoms with Crippen molar-refractivity contribution in [1.29, 1.82) is 0 Å². The van der Waals surface area contributed by atoms with Gasteiger partial charge in [-0.05, 0) is 19.4 Å². The van der Waals surface area contributed by atoms with E-state index in [4.69, 9.17) is 4.74 Å². The summed E-state index contributed by atoms with van der Waals surface area (Å²) >= 11 is 0. The maximum atomic E-state index is 11.0. The van der Waals surface area contributed by atoms with Crippen molar-refractivity contribution in [2.45, 2.75) is 33.1 Å². The third-order valence-corrected chi connectivity index (χ3v) is 2.14. The van der Waals surface area contributed by atoms with E-state index in [0.717, 1.165) is 6.42 Å². The van der Waals surface area contributed by atoms with Crippen molar-refractivity contribution in [3.05, 3.63) is 23.9 Å². The van der Waals surface area contributed by atoms with E-state index in [1.165, 1.54) is 19.8 Å². The molecule has 15 heavy (non-hydrogen) atoms. The number of carbonyl (C=O) groups excluding carboxylic acids is 1. The van der Waals surface area contributed by atoms with Crippen LogP contribution in [0.25, 0.3) is 0 Å². The second-order valence-electron chi connectivity index (χ2n) is 3.50. The fourth-order valence-electron chi connectivity index (χ4n) is 1.20. The lowest BCUT2D eigenvalue weighted by Crippen LogP contribution is -2.00. The van der Waals surface area contributed by atoms with Crippen molar-refractivity contribution in [2.24, 2.45) is 0 Å². The Kier molecular flexibility index (Phi) is 4.81. The molecule has 0 saturated heterocycles. The van der Waals surface area contributed by atoms with Gasteiger partial charge in [0.2, 0.25) is 5.88 Å². The van der Waals surface area contributed by atoms with Gasteiger partial charge >= 0.3 is 0 Å². The van der Waals surface area contributed by atoms with Crippen LogP contribution in [0, 0.1) is 0 Å². The number of hydrogen-bond acceptors (Lipinski definition) is 3. The maximum Gasteiger partial charge on any atom is 0.213 e. The lowest BCUT2D eigenvalue weighted by molar-refractivity contribution is 0.101. The molecular formula is C12H17NO2. The Morgan fingerprint density at radius 3 is 2.73 bits per heavy atom. The first-order valence-electron chi connectivity index (χ1n) is 5.34. The van der Waals surface area contributed by atoms with E-state index in [-0.39, 0.29) is 5.78 Å². The Hall–Kier alpha value is -1.38. The molecule has 0 saturated carbocycles. The average molecular weight is 207 g/mol. The van der Waals surface area contributed by atoms with Crippen LogP contribution in [-0.2, 0) is 0 Å². The molecule has 0 unspecified atom stereocenters. The van der Waals surface area contributed by atoms with Gasteiger partial charge in [0.1, 0.15) is 0 Å². The lowest BCUT2D eigenvalue weighted by Gasteiger charge is -2.04. The summed E-state index contributed by atoms with van der Waals surface area (Å²) in [7, 11) is 0. The van der Waals surface area contributed by atoms with Crippen molar-refractivity contribution in [2.75, 3.05) is 6.61 Å². The summed E-state index contributed by atoms with van der Waals surface area (Å²) in [5.74, 6) is 0.621. The number of ketones is 1. The number of hydrogen-bond donors (Lipinski definition) is 0. The van der Waals surface area contributed by atoms with E-state index >= 15 is 0 Å². The zero-order valence-electron chi connectivity index (χ0n) is 9.32. The Bertz CT molecular complexity index is 306. The fraction of sp³-hybridized carbons (Fsp3) is 0.500. The Morgan fingerprint density at radius 1 is 1.40 bits per heavy atom. The topological polar surface area (TPSA) is 39.2 Å². The Balaban J connectivity index is 2.39. The van der Waals surface area contributed by atoms with Crippen LogP contribution in [-0.4, -0.2) is 17.4 Å². The molecule has 0 aromatic carbocycles. The highest BCUT2D eigenvalue weighted by molar-refractivity contribution is 5.93. The van der Waals surface area contributed by atoms with Gasteiger partial charge < -0.3 is 4.74 Å². The van der Waals surface area contributed by atoms with Crippen molar-refractivity contribution < 1.29 is 9.53 Å². The molecule has 1 aromatic heterocycles. The zero-order chi connectivity index (χ0) is 11.1. The third kappa shape index (κ3) is 4.11. The first kappa shape index (κ1) is 11.7. The third-order valence-electron chi connectivity index (χ3n) is 2.14. The SMILES string of the molecule is CCCCCOc1ccc(C(C)=O)cn1. The number of aromatic nitrogens is 1. The molecule has 0 aliphatic heterocycles. The molecule has 0 radical (unpaired) electrons. The first-order valence-corrected chi connectivity index (χ1v) is 5.34. The molecule has 0 amide bonds. The van der Waals surface area contributed by atoms with Crippen LogP contribution in [0.15, 0.2) is 18.3 Å². The van der Waals surface area contributed by atoms with E-state index < -0.39 is 0 Å². The molecule has 0 atom stereocenters. The van der Waals surface area contributed by atoms with Crippen LogP contribution in [0.1, 0.15) is 43.5 Å². The molecular weight excluding hydrogens is 190 g/mol. The molecule has 3 nitrogen and oxygen atoms in total. The van der Waals surface area contributed by atoms with Crippen LogP contribution < -0.4 is 4.74 Å². The predicted octanol–water partition coefficient (Wildman–Crippen LogP) is 2.85. The van der Waals surface area contributed by atoms with Gasteiger partial charge in [0.15, 0.2) is 5.78 Å². The smallest absolute Gasteiger partial charge is 0.213 e. The summed E-state index contributed by atoms with van der Waals surface area (Å²) in [4.78, 5) is 15.0. The monoisotopic (exact) mass is 207 g/mol. The zero-order valence-corrected chi connectivity index (χ0v) is 9.32. The standard InChI is InChI=1S/C12H17NO2/c1-3-4-5-8-15-12-7-6-11(9-13-12)10(2)14/h6-7,9H,3-5,8H2,1-2H3. The Labute approximate surface area is 90.5 Å². The number of pyridine rings is 1. The predicted molar refractivity (Wildman–Crippen MR) is 59.3 cm³/mol. The number of nitrogens with zero attached hydrogens (tertiary/aromatic N) is 1. The van der Waals surface area contributed by atoms with Gasteiger partial charge in [0.05, 0.1) is 6.61 Å². The number of ether oxygens (including phenoxy) is 1. The van der Waals surface area contributed by atoms with Crippen molar-refractivity contribution in [3.8, 4) is 5.88 Å². The van der Waals surface area contributed by atoms with Gasteiger partial charge in [-0.3, -0.25) is 4.79 Å². The molecule has 1 heterocycles. The van der Waals surface area contributed by atoms with Crippen molar-refractivity contribution in [1.82, 2.24) is 4.98 Å². The number of carbonyl (C=O) groups is 1.